The zero-order chi connectivity index (χ0) is 13.3. The second-order valence-electron chi connectivity index (χ2n) is 6.21. The predicted octanol–water partition coefficient (Wildman–Crippen LogP) is 2.04. The lowest BCUT2D eigenvalue weighted by atomic mass is 9.80. The number of carboxylic acid groups (broad SMARTS) is 1. The summed E-state index contributed by atoms with van der Waals surface area (Å²) < 4.78 is 0. The van der Waals surface area contributed by atoms with Crippen LogP contribution in [0, 0.1) is 16.7 Å². The lowest BCUT2D eigenvalue weighted by Gasteiger charge is -2.26. The Morgan fingerprint density at radius 2 is 1.88 bits per heavy atom. The largest absolute Gasteiger partial charge is 0.481 e. The van der Waals surface area contributed by atoms with E-state index in [9.17, 15) is 9.59 Å². The molecule has 1 rings (SSSR count). The van der Waals surface area contributed by atoms with Crippen LogP contribution in [0.15, 0.2) is 0 Å². The first-order chi connectivity index (χ1) is 7.72. The zero-order valence-electron chi connectivity index (χ0n) is 11.2. The molecule has 2 N–H and O–H groups in total. The van der Waals surface area contributed by atoms with Crippen LogP contribution >= 0.6 is 0 Å². The van der Waals surface area contributed by atoms with Gasteiger partial charge in [0.05, 0.1) is 0 Å². The zero-order valence-corrected chi connectivity index (χ0v) is 11.2. The molecule has 0 radical (unpaired) electrons. The van der Waals surface area contributed by atoms with E-state index in [1.807, 2.05) is 0 Å². The molecule has 1 unspecified atom stereocenters. The number of aliphatic carboxylic acids is 1. The Kier molecular flexibility index (Phi) is 3.84. The van der Waals surface area contributed by atoms with Crippen molar-refractivity contribution in [3.63, 3.8) is 0 Å². The Bertz CT molecular complexity index is 313. The Balaban J connectivity index is 2.58. The van der Waals surface area contributed by atoms with Crippen molar-refractivity contribution >= 4 is 11.9 Å². The molecular formula is C13H23NO3. The van der Waals surface area contributed by atoms with Crippen molar-refractivity contribution in [2.24, 2.45) is 16.7 Å². The number of nitrogens with one attached hydrogen (secondary N) is 1. The Hall–Kier alpha value is -1.06. The maximum Gasteiger partial charge on any atom is 0.316 e. The van der Waals surface area contributed by atoms with Gasteiger partial charge in [0.15, 0.2) is 0 Å². The summed E-state index contributed by atoms with van der Waals surface area (Å²) in [6.07, 6.45) is 3.31. The smallest absolute Gasteiger partial charge is 0.316 e. The third kappa shape index (κ3) is 3.45. The summed E-state index contributed by atoms with van der Waals surface area (Å²) in [4.78, 5) is 23.1. The first-order valence-electron chi connectivity index (χ1n) is 6.22. The molecule has 1 fully saturated rings. The van der Waals surface area contributed by atoms with Gasteiger partial charge in [-0.2, -0.15) is 0 Å². The van der Waals surface area contributed by atoms with E-state index in [2.05, 4.69) is 12.2 Å². The molecule has 1 saturated carbocycles. The molecule has 0 aromatic rings. The van der Waals surface area contributed by atoms with Crippen LogP contribution in [0.2, 0.25) is 0 Å². The molecule has 4 nitrogen and oxygen atoms in total. The molecular weight excluding hydrogens is 218 g/mol. The minimum atomic E-state index is -1.05. The molecule has 0 aliphatic heterocycles. The number of rotatable bonds is 5. The molecule has 0 bridgehead atoms. The fourth-order valence-corrected chi connectivity index (χ4v) is 2.08. The van der Waals surface area contributed by atoms with Gasteiger partial charge in [-0.15, -0.1) is 0 Å². The minimum absolute atomic E-state index is 0.247. The molecule has 1 amide bonds. The number of carboxylic acids is 1. The van der Waals surface area contributed by atoms with Crippen LogP contribution in [0.3, 0.4) is 0 Å². The highest BCUT2D eigenvalue weighted by atomic mass is 16.4. The average molecular weight is 241 g/mol. The number of carbonyl (C=O) groups is 2. The molecule has 4 heteroatoms. The maximum absolute atomic E-state index is 11.9. The summed E-state index contributed by atoms with van der Waals surface area (Å²) in [5, 5.41) is 11.9. The van der Waals surface area contributed by atoms with Gasteiger partial charge < -0.3 is 10.4 Å². The van der Waals surface area contributed by atoms with Crippen LogP contribution in [0.4, 0.5) is 0 Å². The number of carbonyl (C=O) groups excluding carboxylic acids is 1. The van der Waals surface area contributed by atoms with Gasteiger partial charge in [0, 0.05) is 6.54 Å². The van der Waals surface area contributed by atoms with Crippen LogP contribution in [0.1, 0.15) is 47.0 Å². The van der Waals surface area contributed by atoms with Crippen LogP contribution in [-0.2, 0) is 9.59 Å². The van der Waals surface area contributed by atoms with E-state index < -0.39 is 17.3 Å². The molecule has 98 valence electrons. The number of hydrogen-bond donors (Lipinski definition) is 2. The molecule has 0 aromatic heterocycles. The summed E-state index contributed by atoms with van der Waals surface area (Å²) in [5.41, 5.74) is -0.310. The average Bonchev–Trinajstić information content (AvgIpc) is 2.92. The molecule has 1 aliphatic carbocycles. The van der Waals surface area contributed by atoms with Crippen molar-refractivity contribution in [3.8, 4) is 0 Å². The summed E-state index contributed by atoms with van der Waals surface area (Å²) >= 11 is 0. The second kappa shape index (κ2) is 4.67. The van der Waals surface area contributed by atoms with Crippen molar-refractivity contribution in [1.29, 1.82) is 0 Å². The van der Waals surface area contributed by atoms with Crippen molar-refractivity contribution in [1.82, 2.24) is 5.32 Å². The van der Waals surface area contributed by atoms with E-state index in [1.54, 1.807) is 20.8 Å². The summed E-state index contributed by atoms with van der Waals surface area (Å²) in [7, 11) is 0. The van der Waals surface area contributed by atoms with Gasteiger partial charge >= 0.3 is 5.97 Å². The molecule has 1 aliphatic rings. The minimum Gasteiger partial charge on any atom is -0.481 e. The van der Waals surface area contributed by atoms with E-state index in [4.69, 9.17) is 5.11 Å². The van der Waals surface area contributed by atoms with Gasteiger partial charge in [-0.05, 0) is 30.1 Å². The highest BCUT2D eigenvalue weighted by Gasteiger charge is 2.43. The molecule has 1 atom stereocenters. The normalized spacial score (nSPS) is 19.5. The van der Waals surface area contributed by atoms with E-state index in [0.717, 1.165) is 19.3 Å². The fraction of sp³-hybridized carbons (Fsp3) is 0.846. The second-order valence-corrected chi connectivity index (χ2v) is 6.21. The van der Waals surface area contributed by atoms with Crippen molar-refractivity contribution < 1.29 is 14.7 Å². The standard InChI is InChI=1S/C13H23NO3/c1-5-13(6-7-13)8-14-10(15)9(11(16)17)12(2,3)4/h9H,5-8H2,1-4H3,(H,14,15)(H,16,17). The Morgan fingerprint density at radius 1 is 1.35 bits per heavy atom. The van der Waals surface area contributed by atoms with Crippen molar-refractivity contribution in [3.05, 3.63) is 0 Å². The summed E-state index contributed by atoms with van der Waals surface area (Å²) in [6, 6.07) is 0. The van der Waals surface area contributed by atoms with Crippen LogP contribution in [0.5, 0.6) is 0 Å². The van der Waals surface area contributed by atoms with Gasteiger partial charge in [-0.25, -0.2) is 0 Å². The number of amides is 1. The summed E-state index contributed by atoms with van der Waals surface area (Å²) in [5.74, 6) is -2.38. The lowest BCUT2D eigenvalue weighted by Crippen LogP contribution is -2.44. The molecule has 0 saturated heterocycles. The van der Waals surface area contributed by atoms with Gasteiger partial charge in [-0.3, -0.25) is 9.59 Å². The third-order valence-corrected chi connectivity index (χ3v) is 3.72. The topological polar surface area (TPSA) is 66.4 Å². The monoisotopic (exact) mass is 241 g/mol. The predicted molar refractivity (Wildman–Crippen MR) is 65.5 cm³/mol. The first kappa shape index (κ1) is 14.0. The molecule has 0 aromatic carbocycles. The molecule has 0 heterocycles. The quantitative estimate of drug-likeness (QED) is 0.724. The van der Waals surface area contributed by atoms with E-state index >= 15 is 0 Å². The van der Waals surface area contributed by atoms with Crippen LogP contribution < -0.4 is 5.32 Å². The number of hydrogen-bond acceptors (Lipinski definition) is 2. The van der Waals surface area contributed by atoms with Crippen molar-refractivity contribution in [2.75, 3.05) is 6.54 Å². The molecule has 0 spiro atoms. The molecule has 17 heavy (non-hydrogen) atoms. The van der Waals surface area contributed by atoms with E-state index in [1.165, 1.54) is 0 Å². The highest BCUT2D eigenvalue weighted by molar-refractivity contribution is 5.97. The van der Waals surface area contributed by atoms with Crippen molar-refractivity contribution in [2.45, 2.75) is 47.0 Å². The van der Waals surface area contributed by atoms with Gasteiger partial charge in [0.25, 0.3) is 0 Å². The highest BCUT2D eigenvalue weighted by Crippen LogP contribution is 2.47. The van der Waals surface area contributed by atoms with Crippen LogP contribution in [-0.4, -0.2) is 23.5 Å². The van der Waals surface area contributed by atoms with E-state index in [-0.39, 0.29) is 11.3 Å². The summed E-state index contributed by atoms with van der Waals surface area (Å²) in [6.45, 7) is 8.05. The SMILES string of the molecule is CCC1(CNC(=O)C(C(=O)O)C(C)(C)C)CC1. The maximum atomic E-state index is 11.9. The Labute approximate surface area is 103 Å². The van der Waals surface area contributed by atoms with E-state index in [0.29, 0.717) is 6.54 Å². The van der Waals surface area contributed by atoms with Gasteiger partial charge in [0.1, 0.15) is 5.92 Å². The fourth-order valence-electron chi connectivity index (χ4n) is 2.08. The van der Waals surface area contributed by atoms with Gasteiger partial charge in [0.2, 0.25) is 5.91 Å². The van der Waals surface area contributed by atoms with Crippen LogP contribution in [0.25, 0.3) is 0 Å². The lowest BCUT2D eigenvalue weighted by molar-refractivity contribution is -0.151. The van der Waals surface area contributed by atoms with Gasteiger partial charge in [-0.1, -0.05) is 27.7 Å². The third-order valence-electron chi connectivity index (χ3n) is 3.72. The Morgan fingerprint density at radius 3 is 2.18 bits per heavy atom. The first-order valence-corrected chi connectivity index (χ1v) is 6.22.